The molecular weight excluding hydrogens is 636 g/mol. The summed E-state index contributed by atoms with van der Waals surface area (Å²) in [6.45, 7) is 0.162. The van der Waals surface area contributed by atoms with Crippen LogP contribution in [0.3, 0.4) is 0 Å². The van der Waals surface area contributed by atoms with Crippen molar-refractivity contribution in [2.24, 2.45) is 5.73 Å². The molecule has 2 atom stereocenters. The summed E-state index contributed by atoms with van der Waals surface area (Å²) in [5, 5.41) is 5.87. The summed E-state index contributed by atoms with van der Waals surface area (Å²) >= 11 is 0. The number of hydrogen-bond acceptors (Lipinski definition) is 8. The monoisotopic (exact) mass is 670 g/mol. The number of rotatable bonds is 4. The Morgan fingerprint density at radius 1 is 0.938 bits per heavy atom. The molecule has 48 heavy (non-hydrogen) atoms. The molecule has 1 saturated heterocycles. The molecule has 13 heteroatoms. The number of amides is 3. The molecule has 3 amide bonds. The first-order valence-electron chi connectivity index (χ1n) is 15.2. The third kappa shape index (κ3) is 7.11. The van der Waals surface area contributed by atoms with Gasteiger partial charge in [0, 0.05) is 42.7 Å². The van der Waals surface area contributed by atoms with Crippen molar-refractivity contribution in [2.75, 3.05) is 26.8 Å². The maximum absolute atomic E-state index is 13.8. The molecule has 6 bridgehead atoms. The number of hydrogen-bond donors (Lipinski definition) is 3. The Hall–Kier alpha value is -5.40. The highest BCUT2D eigenvalue weighted by molar-refractivity contribution is 7.89. The predicted octanol–water partition coefficient (Wildman–Crippen LogP) is 3.11. The fraction of sp³-hybridized carbons (Fsp3) is 0.229. The van der Waals surface area contributed by atoms with E-state index < -0.39 is 34.0 Å². The number of piperidine rings is 1. The van der Waals surface area contributed by atoms with Crippen molar-refractivity contribution in [1.29, 1.82) is 0 Å². The molecule has 0 spiro atoms. The molecule has 0 aliphatic carbocycles. The van der Waals surface area contributed by atoms with Gasteiger partial charge in [-0.1, -0.05) is 24.3 Å². The fourth-order valence-corrected chi connectivity index (χ4v) is 7.16. The molecule has 4 aromatic carbocycles. The number of carbonyl (C=O) groups excluding carboxylic acids is 3. The van der Waals surface area contributed by atoms with Crippen LogP contribution in [-0.2, 0) is 21.4 Å². The second-order valence-electron chi connectivity index (χ2n) is 11.4. The van der Waals surface area contributed by atoms with E-state index in [4.69, 9.17) is 19.9 Å². The second-order valence-corrected chi connectivity index (χ2v) is 13.4. The molecule has 0 unspecified atom stereocenters. The summed E-state index contributed by atoms with van der Waals surface area (Å²) in [6.07, 6.45) is -0.289. The van der Waals surface area contributed by atoms with E-state index >= 15 is 0 Å². The number of primary amides is 1. The zero-order valence-corrected chi connectivity index (χ0v) is 26.9. The lowest BCUT2D eigenvalue weighted by atomic mass is 10.00. The number of nitrogens with zero attached hydrogens (tertiary/aromatic N) is 1. The number of sulfonamides is 1. The highest BCUT2D eigenvalue weighted by atomic mass is 32.2. The van der Waals surface area contributed by atoms with Gasteiger partial charge < -0.3 is 30.6 Å². The van der Waals surface area contributed by atoms with E-state index in [1.807, 2.05) is 18.2 Å². The first kappa shape index (κ1) is 32.5. The minimum atomic E-state index is -3.99. The van der Waals surface area contributed by atoms with Crippen molar-refractivity contribution in [3.05, 3.63) is 108 Å². The predicted molar refractivity (Wildman–Crippen MR) is 176 cm³/mol. The largest absolute Gasteiger partial charge is 0.496 e. The highest BCUT2D eigenvalue weighted by Gasteiger charge is 2.38. The minimum Gasteiger partial charge on any atom is -0.496 e. The molecule has 3 aliphatic heterocycles. The minimum absolute atomic E-state index is 0.00112. The summed E-state index contributed by atoms with van der Waals surface area (Å²) < 4.78 is 46.4. The van der Waals surface area contributed by atoms with Crippen molar-refractivity contribution in [3.8, 4) is 28.4 Å². The Kier molecular flexibility index (Phi) is 9.33. The van der Waals surface area contributed by atoms with Gasteiger partial charge in [0.05, 0.1) is 18.0 Å². The molecule has 3 aliphatic rings. The fourth-order valence-electron chi connectivity index (χ4n) is 5.68. The number of fused-ring (bicyclic) bond motifs is 7. The van der Waals surface area contributed by atoms with Crippen LogP contribution in [0.25, 0.3) is 11.1 Å². The molecule has 248 valence electrons. The van der Waals surface area contributed by atoms with Gasteiger partial charge in [0.25, 0.3) is 11.8 Å². The zero-order chi connectivity index (χ0) is 33.8. The van der Waals surface area contributed by atoms with Crippen molar-refractivity contribution < 1.29 is 37.0 Å². The van der Waals surface area contributed by atoms with E-state index in [1.165, 1.54) is 35.7 Å². The standard InChI is InChI=1S/C35H34N4O8S/c1-45-31-14-9-25-18-29(31)24-3-2-4-27(17-24)46-21-33(40)37-19-22-5-10-26(11-6-22)47-32-15-16-39(20-30(32)38-35(25)42)48(43,44)28-12-7-23(8-13-28)34(36)41/h2-14,17-18,30,32H,15-16,19-21H2,1H3,(H2,36,41)(H,37,40)(H,38,42)/t30-,32-/m1/s1. The van der Waals surface area contributed by atoms with Crippen molar-refractivity contribution in [2.45, 2.75) is 30.0 Å². The SMILES string of the molecule is COc1ccc2cc1-c1cccc(c1)OCC(=O)NCc1ccc(cc1)O[C@@H]1CCN(S(=O)(=O)c3ccc(C(N)=O)cc3)C[C@H]1NC2=O. The molecule has 3 heterocycles. The lowest BCUT2D eigenvalue weighted by molar-refractivity contribution is -0.123. The summed E-state index contributed by atoms with van der Waals surface area (Å²) in [5.41, 5.74) is 7.99. The van der Waals surface area contributed by atoms with Gasteiger partial charge in [0.1, 0.15) is 23.4 Å². The number of methoxy groups -OCH3 is 1. The van der Waals surface area contributed by atoms with Gasteiger partial charge in [-0.15, -0.1) is 0 Å². The lowest BCUT2D eigenvalue weighted by Crippen LogP contribution is -2.58. The quantitative estimate of drug-likeness (QED) is 0.298. The molecule has 0 aromatic heterocycles. The van der Waals surface area contributed by atoms with Gasteiger partial charge >= 0.3 is 0 Å². The van der Waals surface area contributed by atoms with E-state index in [-0.39, 0.29) is 49.0 Å². The first-order chi connectivity index (χ1) is 23.1. The molecule has 0 saturated carbocycles. The Morgan fingerprint density at radius 2 is 1.71 bits per heavy atom. The Labute approximate surface area is 277 Å². The van der Waals surface area contributed by atoms with Crippen molar-refractivity contribution in [1.82, 2.24) is 14.9 Å². The normalized spacial score (nSPS) is 18.7. The highest BCUT2D eigenvalue weighted by Crippen LogP contribution is 2.33. The molecular formula is C35H34N4O8S. The van der Waals surface area contributed by atoms with Crippen LogP contribution in [-0.4, -0.2) is 69.4 Å². The van der Waals surface area contributed by atoms with E-state index in [2.05, 4.69) is 10.6 Å². The van der Waals surface area contributed by atoms with Gasteiger partial charge in [-0.3, -0.25) is 14.4 Å². The third-order valence-electron chi connectivity index (χ3n) is 8.28. The molecule has 0 radical (unpaired) electrons. The molecule has 12 nitrogen and oxygen atoms in total. The van der Waals surface area contributed by atoms with Crippen LogP contribution in [0.1, 0.15) is 32.7 Å². The summed E-state index contributed by atoms with van der Waals surface area (Å²) in [4.78, 5) is 37.9. The second kappa shape index (κ2) is 13.8. The van der Waals surface area contributed by atoms with Crippen LogP contribution in [0, 0.1) is 0 Å². The van der Waals surface area contributed by atoms with Crippen LogP contribution in [0.4, 0.5) is 0 Å². The zero-order valence-electron chi connectivity index (χ0n) is 26.0. The molecule has 4 N–H and O–H groups in total. The average Bonchev–Trinajstić information content (AvgIpc) is 3.10. The number of nitrogens with two attached hydrogens (primary N) is 1. The topological polar surface area (TPSA) is 166 Å². The summed E-state index contributed by atoms with van der Waals surface area (Å²) in [6, 6.07) is 23.9. The number of benzene rings is 4. The Bertz CT molecular complexity index is 1950. The van der Waals surface area contributed by atoms with Crippen LogP contribution in [0.5, 0.6) is 17.2 Å². The van der Waals surface area contributed by atoms with Gasteiger partial charge in [-0.25, -0.2) is 8.42 Å². The van der Waals surface area contributed by atoms with Crippen molar-refractivity contribution >= 4 is 27.7 Å². The molecule has 4 aromatic rings. The Balaban J connectivity index is 1.34. The first-order valence-corrected chi connectivity index (χ1v) is 16.7. The Morgan fingerprint density at radius 3 is 2.44 bits per heavy atom. The number of nitrogens with one attached hydrogen (secondary N) is 2. The average molecular weight is 671 g/mol. The van der Waals surface area contributed by atoms with E-state index in [1.54, 1.807) is 48.5 Å². The van der Waals surface area contributed by atoms with Crippen LogP contribution in [0.15, 0.2) is 95.9 Å². The number of carbonyl (C=O) groups is 3. The lowest BCUT2D eigenvalue weighted by Gasteiger charge is -2.38. The number of ether oxygens (including phenoxy) is 3. The van der Waals surface area contributed by atoms with Gasteiger partial charge in [0.2, 0.25) is 15.9 Å². The smallest absolute Gasteiger partial charge is 0.258 e. The van der Waals surface area contributed by atoms with E-state index in [0.29, 0.717) is 33.9 Å². The maximum atomic E-state index is 13.8. The summed E-state index contributed by atoms with van der Waals surface area (Å²) in [7, 11) is -2.46. The van der Waals surface area contributed by atoms with Crippen LogP contribution >= 0.6 is 0 Å². The van der Waals surface area contributed by atoms with Gasteiger partial charge in [-0.2, -0.15) is 4.31 Å². The van der Waals surface area contributed by atoms with Crippen molar-refractivity contribution in [3.63, 3.8) is 0 Å². The third-order valence-corrected chi connectivity index (χ3v) is 10.2. The van der Waals surface area contributed by atoms with Gasteiger partial charge in [-0.05, 0) is 77.9 Å². The van der Waals surface area contributed by atoms with Gasteiger partial charge in [0.15, 0.2) is 6.61 Å². The van der Waals surface area contributed by atoms with Crippen LogP contribution in [0.2, 0.25) is 0 Å². The van der Waals surface area contributed by atoms with E-state index in [0.717, 1.165) is 5.56 Å². The molecule has 7 rings (SSSR count). The maximum Gasteiger partial charge on any atom is 0.258 e. The summed E-state index contributed by atoms with van der Waals surface area (Å²) in [5.74, 6) is 0.117. The van der Waals surface area contributed by atoms with Crippen LogP contribution < -0.4 is 30.6 Å². The molecule has 1 fully saturated rings. The van der Waals surface area contributed by atoms with E-state index in [9.17, 15) is 22.8 Å².